The Morgan fingerprint density at radius 1 is 1.22 bits per heavy atom. The van der Waals surface area contributed by atoms with Gasteiger partial charge >= 0.3 is 0 Å². The van der Waals surface area contributed by atoms with Crippen LogP contribution in [0.15, 0.2) is 36.7 Å². The maximum absolute atomic E-state index is 10.5. The number of carbonyl (C=O) groups excluding carboxylic acids is 1. The summed E-state index contributed by atoms with van der Waals surface area (Å²) in [5, 5.41) is 3.08. The van der Waals surface area contributed by atoms with Gasteiger partial charge in [0.1, 0.15) is 12.4 Å². The normalized spacial score (nSPS) is 14.6. The van der Waals surface area contributed by atoms with Crippen LogP contribution in [0.3, 0.4) is 0 Å². The summed E-state index contributed by atoms with van der Waals surface area (Å²) in [6.45, 7) is 4.00. The lowest BCUT2D eigenvalue weighted by Gasteiger charge is -2.15. The molecule has 6 nitrogen and oxygen atoms in total. The van der Waals surface area contributed by atoms with Crippen molar-refractivity contribution in [1.82, 2.24) is 14.9 Å². The van der Waals surface area contributed by atoms with Crippen LogP contribution in [0.25, 0.3) is 0 Å². The second-order valence-corrected chi connectivity index (χ2v) is 5.45. The molecule has 1 saturated heterocycles. The van der Waals surface area contributed by atoms with Crippen LogP contribution in [-0.2, 0) is 4.79 Å². The quantitative estimate of drug-likeness (QED) is 0.845. The predicted molar refractivity (Wildman–Crippen MR) is 87.7 cm³/mol. The molecule has 1 aliphatic rings. The van der Waals surface area contributed by atoms with Crippen LogP contribution in [0.5, 0.6) is 5.75 Å². The molecule has 0 spiro atoms. The van der Waals surface area contributed by atoms with E-state index in [0.717, 1.165) is 18.0 Å². The molecule has 0 unspecified atom stereocenters. The van der Waals surface area contributed by atoms with Gasteiger partial charge in [0.15, 0.2) is 0 Å². The van der Waals surface area contributed by atoms with E-state index in [2.05, 4.69) is 20.2 Å². The first kappa shape index (κ1) is 15.4. The lowest BCUT2D eigenvalue weighted by molar-refractivity contribution is 0.238. The average molecular weight is 311 g/mol. The number of benzene rings is 1. The molecule has 2 heterocycles. The van der Waals surface area contributed by atoms with Crippen LogP contribution in [0.1, 0.15) is 18.4 Å². The second-order valence-electron chi connectivity index (χ2n) is 5.45. The lowest BCUT2D eigenvalue weighted by atomic mass is 10.3. The van der Waals surface area contributed by atoms with E-state index in [1.807, 2.05) is 24.3 Å². The molecular formula is C17H19N4O2. The Labute approximate surface area is 135 Å². The summed E-state index contributed by atoms with van der Waals surface area (Å²) in [5.74, 6) is 1.24. The number of anilines is 2. The van der Waals surface area contributed by atoms with Crippen molar-refractivity contribution >= 4 is 17.9 Å². The molecule has 1 aromatic carbocycles. The number of aromatic nitrogens is 2. The van der Waals surface area contributed by atoms with Crippen molar-refractivity contribution < 1.29 is 9.53 Å². The molecule has 0 saturated carbocycles. The minimum atomic E-state index is 0.328. The Morgan fingerprint density at radius 2 is 2.00 bits per heavy atom. The highest BCUT2D eigenvalue weighted by Crippen LogP contribution is 2.20. The first-order valence-electron chi connectivity index (χ1n) is 7.76. The number of hydrogen-bond donors (Lipinski definition) is 1. The number of ether oxygens (including phenoxy) is 1. The zero-order chi connectivity index (χ0) is 15.9. The summed E-state index contributed by atoms with van der Waals surface area (Å²) in [6, 6.07) is 7.67. The van der Waals surface area contributed by atoms with Gasteiger partial charge in [-0.15, -0.1) is 0 Å². The summed E-state index contributed by atoms with van der Waals surface area (Å²) in [4.78, 5) is 21.0. The van der Waals surface area contributed by atoms with E-state index in [-0.39, 0.29) is 0 Å². The molecule has 1 aliphatic heterocycles. The summed E-state index contributed by atoms with van der Waals surface area (Å²) < 4.78 is 5.81. The molecule has 1 N–H and O–H groups in total. The highest BCUT2D eigenvalue weighted by atomic mass is 16.5. The van der Waals surface area contributed by atoms with Crippen molar-refractivity contribution in [3.05, 3.63) is 42.2 Å². The molecule has 0 atom stereocenters. The van der Waals surface area contributed by atoms with Crippen molar-refractivity contribution in [3.63, 3.8) is 0 Å². The average Bonchev–Trinajstić information content (AvgIpc) is 3.09. The van der Waals surface area contributed by atoms with E-state index in [0.29, 0.717) is 18.1 Å². The largest absolute Gasteiger partial charge is 0.492 e. The topological polar surface area (TPSA) is 67.3 Å². The third kappa shape index (κ3) is 4.50. The van der Waals surface area contributed by atoms with Gasteiger partial charge in [-0.3, -0.25) is 9.69 Å². The van der Waals surface area contributed by atoms with E-state index in [4.69, 9.17) is 4.74 Å². The SMILES string of the molecule is O=[C]c1cnc(Nc2cccc(OCCN3CCCC3)c2)nc1. The molecule has 0 amide bonds. The zero-order valence-corrected chi connectivity index (χ0v) is 12.9. The van der Waals surface area contributed by atoms with Crippen LogP contribution in [0.4, 0.5) is 11.6 Å². The van der Waals surface area contributed by atoms with Crippen molar-refractivity contribution in [2.75, 3.05) is 31.6 Å². The van der Waals surface area contributed by atoms with Crippen molar-refractivity contribution in [1.29, 1.82) is 0 Å². The molecule has 23 heavy (non-hydrogen) atoms. The standard InChI is InChI=1S/C17H19N4O2/c22-13-14-11-18-17(19-12-14)20-15-4-3-5-16(10-15)23-9-8-21-6-1-2-7-21/h3-5,10-12H,1-2,6-9H2,(H,18,19,20). The molecule has 1 fully saturated rings. The third-order valence-corrected chi connectivity index (χ3v) is 3.73. The van der Waals surface area contributed by atoms with Gasteiger partial charge in [0.2, 0.25) is 12.2 Å². The Balaban J connectivity index is 1.54. The van der Waals surface area contributed by atoms with E-state index >= 15 is 0 Å². The van der Waals surface area contributed by atoms with Gasteiger partial charge in [-0.2, -0.15) is 0 Å². The maximum atomic E-state index is 10.5. The van der Waals surface area contributed by atoms with Crippen LogP contribution in [0.2, 0.25) is 0 Å². The van der Waals surface area contributed by atoms with Crippen molar-refractivity contribution in [3.8, 4) is 5.75 Å². The second kappa shape index (κ2) is 7.69. The van der Waals surface area contributed by atoms with Crippen LogP contribution < -0.4 is 10.1 Å². The van der Waals surface area contributed by atoms with Crippen LogP contribution >= 0.6 is 0 Å². The summed E-state index contributed by atoms with van der Waals surface area (Å²) in [5.41, 5.74) is 1.17. The smallest absolute Gasteiger partial charge is 0.236 e. The summed E-state index contributed by atoms with van der Waals surface area (Å²) >= 11 is 0. The Bertz CT molecular complexity index is 639. The van der Waals surface area contributed by atoms with Crippen LogP contribution in [0, 0.1) is 0 Å². The van der Waals surface area contributed by atoms with E-state index < -0.39 is 0 Å². The minimum Gasteiger partial charge on any atom is -0.492 e. The van der Waals surface area contributed by atoms with E-state index in [1.165, 1.54) is 38.3 Å². The molecule has 3 rings (SSSR count). The zero-order valence-electron chi connectivity index (χ0n) is 12.9. The number of rotatable bonds is 7. The first-order valence-corrected chi connectivity index (χ1v) is 7.76. The fourth-order valence-corrected chi connectivity index (χ4v) is 2.54. The Morgan fingerprint density at radius 3 is 2.74 bits per heavy atom. The molecule has 2 aromatic rings. The molecule has 119 valence electrons. The summed E-state index contributed by atoms with van der Waals surface area (Å²) in [7, 11) is 0. The van der Waals surface area contributed by atoms with Crippen LogP contribution in [-0.4, -0.2) is 47.4 Å². The number of nitrogens with zero attached hydrogens (tertiary/aromatic N) is 3. The van der Waals surface area contributed by atoms with E-state index in [1.54, 1.807) is 6.29 Å². The highest BCUT2D eigenvalue weighted by Gasteiger charge is 2.10. The fraction of sp³-hybridized carbons (Fsp3) is 0.353. The van der Waals surface area contributed by atoms with Crippen molar-refractivity contribution in [2.24, 2.45) is 0 Å². The molecule has 0 aliphatic carbocycles. The Hall–Kier alpha value is -2.47. The maximum Gasteiger partial charge on any atom is 0.236 e. The minimum absolute atomic E-state index is 0.328. The van der Waals surface area contributed by atoms with E-state index in [9.17, 15) is 4.79 Å². The predicted octanol–water partition coefficient (Wildman–Crippen LogP) is 2.15. The third-order valence-electron chi connectivity index (χ3n) is 3.73. The monoisotopic (exact) mass is 311 g/mol. The van der Waals surface area contributed by atoms with Gasteiger partial charge in [-0.25, -0.2) is 9.97 Å². The van der Waals surface area contributed by atoms with Gasteiger partial charge in [0.25, 0.3) is 0 Å². The van der Waals surface area contributed by atoms with Gasteiger partial charge in [0.05, 0.1) is 5.56 Å². The lowest BCUT2D eigenvalue weighted by Crippen LogP contribution is -2.25. The molecule has 0 bridgehead atoms. The molecule has 1 radical (unpaired) electrons. The van der Waals surface area contributed by atoms with Gasteiger partial charge < -0.3 is 10.1 Å². The number of hydrogen-bond acceptors (Lipinski definition) is 6. The highest BCUT2D eigenvalue weighted by molar-refractivity contribution is 5.74. The van der Waals surface area contributed by atoms with Gasteiger partial charge in [0, 0.05) is 30.7 Å². The number of nitrogens with one attached hydrogen (secondary N) is 1. The Kier molecular flexibility index (Phi) is 5.16. The fourth-order valence-electron chi connectivity index (χ4n) is 2.54. The molecule has 6 heteroatoms. The van der Waals surface area contributed by atoms with Crippen molar-refractivity contribution in [2.45, 2.75) is 12.8 Å². The molecular weight excluding hydrogens is 292 g/mol. The first-order chi connectivity index (χ1) is 11.3. The molecule has 1 aromatic heterocycles. The van der Waals surface area contributed by atoms with Gasteiger partial charge in [-0.05, 0) is 38.1 Å². The van der Waals surface area contributed by atoms with Gasteiger partial charge in [-0.1, -0.05) is 6.07 Å². The number of likely N-dealkylation sites (tertiary alicyclic amines) is 1. The summed E-state index contributed by atoms with van der Waals surface area (Å²) in [6.07, 6.45) is 7.19.